The summed E-state index contributed by atoms with van der Waals surface area (Å²) >= 11 is 6.82. The molecule has 12 heteroatoms. The largest absolute Gasteiger partial charge is 0.507 e. The van der Waals surface area contributed by atoms with Crippen LogP contribution in [0.25, 0.3) is 11.3 Å². The molecule has 2 aliphatic rings. The van der Waals surface area contributed by atoms with Crippen molar-refractivity contribution >= 4 is 35.1 Å². The molecule has 0 aliphatic carbocycles. The number of amides is 2. The van der Waals surface area contributed by atoms with Crippen molar-refractivity contribution < 1.29 is 28.6 Å². The third kappa shape index (κ3) is 5.90. The summed E-state index contributed by atoms with van der Waals surface area (Å²) in [6, 6.07) is 5.20. The summed E-state index contributed by atoms with van der Waals surface area (Å²) in [7, 11) is 0. The van der Waals surface area contributed by atoms with Crippen molar-refractivity contribution in [1.29, 1.82) is 0 Å². The second-order valence-electron chi connectivity index (χ2n) is 12.0. The highest BCUT2D eigenvalue weighted by atomic mass is 35.5. The Balaban J connectivity index is 1.63. The third-order valence-electron chi connectivity index (χ3n) is 7.33. The summed E-state index contributed by atoms with van der Waals surface area (Å²) in [4.78, 5) is 39.4. The number of carbonyl (C=O) groups is 2. The van der Waals surface area contributed by atoms with Gasteiger partial charge in [0.25, 0.3) is 5.91 Å². The third-order valence-corrected chi connectivity index (χ3v) is 7.68. The first-order valence-corrected chi connectivity index (χ1v) is 14.5. The lowest BCUT2D eigenvalue weighted by atomic mass is 10.0. The SMILES string of the molecule is Cc1ccnc(C(C)C)c1Nc1nc(-c2c(O)cccc2F)c(Cl)c2c1C(=O)N1CCN(C(=O)OC(C)(C)C)C[C@@H]1CO2. The average Bonchev–Trinajstić information content (AvgIpc) is 3.07. The number of piperazine rings is 1. The van der Waals surface area contributed by atoms with Crippen molar-refractivity contribution in [1.82, 2.24) is 19.8 Å². The van der Waals surface area contributed by atoms with Gasteiger partial charge in [0, 0.05) is 25.8 Å². The van der Waals surface area contributed by atoms with Gasteiger partial charge in [-0.05, 0) is 57.4 Å². The molecule has 0 radical (unpaired) electrons. The summed E-state index contributed by atoms with van der Waals surface area (Å²) in [5.41, 5.74) is 1.32. The molecule has 5 rings (SSSR count). The van der Waals surface area contributed by atoms with Crippen LogP contribution in [0.1, 0.15) is 62.2 Å². The zero-order valence-corrected chi connectivity index (χ0v) is 25.8. The van der Waals surface area contributed by atoms with Crippen LogP contribution in [0.5, 0.6) is 11.5 Å². The smallest absolute Gasteiger partial charge is 0.410 e. The van der Waals surface area contributed by atoms with E-state index in [4.69, 9.17) is 21.1 Å². The monoisotopic (exact) mass is 611 g/mol. The van der Waals surface area contributed by atoms with Crippen molar-refractivity contribution in [3.05, 3.63) is 58.1 Å². The Bertz CT molecular complexity index is 1570. The molecule has 10 nitrogen and oxygen atoms in total. The predicted octanol–water partition coefficient (Wildman–Crippen LogP) is 6.27. The highest BCUT2D eigenvalue weighted by Gasteiger charge is 2.41. The van der Waals surface area contributed by atoms with Gasteiger partial charge in [0.05, 0.1) is 23.0 Å². The molecule has 2 N–H and O–H groups in total. The number of hydrogen-bond donors (Lipinski definition) is 2. The predicted molar refractivity (Wildman–Crippen MR) is 161 cm³/mol. The highest BCUT2D eigenvalue weighted by molar-refractivity contribution is 6.35. The molecule has 3 aromatic rings. The Hall–Kier alpha value is -4.12. The second-order valence-corrected chi connectivity index (χ2v) is 12.4. The fourth-order valence-corrected chi connectivity index (χ4v) is 5.54. The van der Waals surface area contributed by atoms with E-state index in [9.17, 15) is 14.7 Å². The normalized spacial score (nSPS) is 16.8. The molecule has 0 bridgehead atoms. The molecule has 1 aromatic carbocycles. The number of aromatic hydroxyl groups is 1. The summed E-state index contributed by atoms with van der Waals surface area (Å²) in [6.07, 6.45) is 1.23. The molecular weight excluding hydrogens is 577 g/mol. The van der Waals surface area contributed by atoms with Crippen LogP contribution in [0.3, 0.4) is 0 Å². The number of aryl methyl sites for hydroxylation is 1. The van der Waals surface area contributed by atoms with Gasteiger partial charge in [-0.1, -0.05) is 31.5 Å². The minimum atomic E-state index is -0.744. The van der Waals surface area contributed by atoms with Gasteiger partial charge >= 0.3 is 6.09 Å². The van der Waals surface area contributed by atoms with Crippen molar-refractivity contribution in [2.75, 3.05) is 31.6 Å². The number of halogens is 2. The maximum atomic E-state index is 15.1. The van der Waals surface area contributed by atoms with Crippen LogP contribution < -0.4 is 10.1 Å². The molecule has 0 spiro atoms. The van der Waals surface area contributed by atoms with E-state index in [1.807, 2.05) is 26.8 Å². The molecule has 1 atom stereocenters. The molecule has 1 fully saturated rings. The molecule has 2 amide bonds. The fourth-order valence-electron chi connectivity index (χ4n) is 5.26. The van der Waals surface area contributed by atoms with Gasteiger partial charge in [0.15, 0.2) is 5.75 Å². The number of carbonyl (C=O) groups excluding carboxylic acids is 2. The first-order chi connectivity index (χ1) is 20.3. The van der Waals surface area contributed by atoms with E-state index in [0.717, 1.165) is 11.3 Å². The number of hydrogen-bond acceptors (Lipinski definition) is 8. The van der Waals surface area contributed by atoms with Gasteiger partial charge < -0.3 is 29.7 Å². The lowest BCUT2D eigenvalue weighted by Gasteiger charge is -2.40. The van der Waals surface area contributed by atoms with E-state index < -0.39 is 29.5 Å². The number of aromatic nitrogens is 2. The maximum absolute atomic E-state index is 15.1. The number of rotatable bonds is 4. The lowest BCUT2D eigenvalue weighted by Crippen LogP contribution is -2.58. The summed E-state index contributed by atoms with van der Waals surface area (Å²) in [5, 5.41) is 13.8. The summed E-state index contributed by atoms with van der Waals surface area (Å²) < 4.78 is 26.9. The molecule has 228 valence electrons. The van der Waals surface area contributed by atoms with Gasteiger partial charge in [-0.2, -0.15) is 0 Å². The van der Waals surface area contributed by atoms with Crippen LogP contribution in [-0.4, -0.2) is 74.8 Å². The number of anilines is 2. The molecule has 2 aliphatic heterocycles. The number of nitrogens with zero attached hydrogens (tertiary/aromatic N) is 4. The van der Waals surface area contributed by atoms with Gasteiger partial charge in [-0.25, -0.2) is 14.2 Å². The van der Waals surface area contributed by atoms with Gasteiger partial charge in [-0.15, -0.1) is 0 Å². The molecule has 4 heterocycles. The number of pyridine rings is 2. The van der Waals surface area contributed by atoms with Crippen molar-refractivity contribution in [3.63, 3.8) is 0 Å². The van der Waals surface area contributed by atoms with Crippen molar-refractivity contribution in [2.45, 2.75) is 59.1 Å². The van der Waals surface area contributed by atoms with Crippen LogP contribution >= 0.6 is 11.6 Å². The fraction of sp³-hybridized carbons (Fsp3) is 0.419. The van der Waals surface area contributed by atoms with E-state index >= 15 is 4.39 Å². The Kier molecular flexibility index (Phi) is 8.13. The highest BCUT2D eigenvalue weighted by Crippen LogP contribution is 2.46. The summed E-state index contributed by atoms with van der Waals surface area (Å²) in [6.45, 7) is 11.9. The van der Waals surface area contributed by atoms with Crippen LogP contribution in [0.2, 0.25) is 5.02 Å². The first-order valence-electron chi connectivity index (χ1n) is 14.1. The number of fused-ring (bicyclic) bond motifs is 2. The number of phenolic OH excluding ortho intramolecular Hbond substituents is 1. The van der Waals surface area contributed by atoms with E-state index in [-0.39, 0.29) is 71.3 Å². The zero-order chi connectivity index (χ0) is 31.2. The van der Waals surface area contributed by atoms with Crippen LogP contribution in [0, 0.1) is 12.7 Å². The van der Waals surface area contributed by atoms with Crippen LogP contribution in [0.4, 0.5) is 20.7 Å². The Morgan fingerprint density at radius 3 is 2.65 bits per heavy atom. The van der Waals surface area contributed by atoms with Gasteiger partial charge in [0.2, 0.25) is 0 Å². The standard InChI is InChI=1S/C31H35ClFN5O5/c1-16(2)24-25(17(3)10-11-34-24)35-28-22-27(23(32)26(36-28)21-19(33)8-7-9-20(21)39)42-15-18-14-37(12-13-38(18)29(22)40)30(41)43-31(4,5)6/h7-11,16,18,39H,12-15H2,1-6H3,(H,35,36)/t18-/m1/s1. The number of ether oxygens (including phenoxy) is 2. The molecular formula is C31H35ClFN5O5. The van der Waals surface area contributed by atoms with E-state index in [1.54, 1.807) is 36.8 Å². The Labute approximate surface area is 254 Å². The maximum Gasteiger partial charge on any atom is 0.410 e. The summed E-state index contributed by atoms with van der Waals surface area (Å²) in [5.74, 6) is -1.41. The van der Waals surface area contributed by atoms with E-state index in [0.29, 0.717) is 5.69 Å². The van der Waals surface area contributed by atoms with E-state index in [2.05, 4.69) is 15.3 Å². The second kappa shape index (κ2) is 11.5. The molecule has 1 saturated heterocycles. The number of phenols is 1. The topological polar surface area (TPSA) is 117 Å². The van der Waals surface area contributed by atoms with Crippen LogP contribution in [-0.2, 0) is 4.74 Å². The van der Waals surface area contributed by atoms with Crippen molar-refractivity contribution in [2.24, 2.45) is 0 Å². The molecule has 2 aromatic heterocycles. The quantitative estimate of drug-likeness (QED) is 0.354. The zero-order valence-electron chi connectivity index (χ0n) is 25.0. The molecule has 0 saturated carbocycles. The average molecular weight is 612 g/mol. The first kappa shape index (κ1) is 30.3. The Morgan fingerprint density at radius 1 is 1.23 bits per heavy atom. The number of benzene rings is 1. The lowest BCUT2D eigenvalue weighted by molar-refractivity contribution is 0.000958. The van der Waals surface area contributed by atoms with E-state index in [1.165, 1.54) is 18.2 Å². The van der Waals surface area contributed by atoms with Gasteiger partial charge in [0.1, 0.15) is 45.9 Å². The van der Waals surface area contributed by atoms with Crippen LogP contribution in [0.15, 0.2) is 30.5 Å². The van der Waals surface area contributed by atoms with Gasteiger partial charge in [-0.3, -0.25) is 9.78 Å². The molecule has 0 unspecified atom stereocenters. The molecule has 43 heavy (non-hydrogen) atoms. The minimum absolute atomic E-state index is 0.00701. The number of nitrogens with one attached hydrogen (secondary N) is 1. The van der Waals surface area contributed by atoms with Crippen molar-refractivity contribution in [3.8, 4) is 22.8 Å². The Morgan fingerprint density at radius 2 is 1.98 bits per heavy atom. The minimum Gasteiger partial charge on any atom is -0.507 e.